The molecule has 0 radical (unpaired) electrons. The molecule has 2 rings (SSSR count). The molecule has 0 amide bonds. The molecule has 0 fully saturated rings. The Balaban J connectivity index is 1.93. The third-order valence-corrected chi connectivity index (χ3v) is 2.49. The van der Waals surface area contributed by atoms with E-state index >= 15 is 0 Å². The molecule has 18 heavy (non-hydrogen) atoms. The van der Waals surface area contributed by atoms with Gasteiger partial charge in [0.15, 0.2) is 17.4 Å². The van der Waals surface area contributed by atoms with Crippen molar-refractivity contribution in [1.82, 2.24) is 9.97 Å². The van der Waals surface area contributed by atoms with Crippen LogP contribution in [0, 0.1) is 0 Å². The largest absolute Gasteiger partial charge is 0.294 e. The molecule has 0 saturated heterocycles. The van der Waals surface area contributed by atoms with E-state index in [2.05, 4.69) is 9.97 Å². The lowest BCUT2D eigenvalue weighted by molar-refractivity contribution is 0.0912. The first-order valence-electron chi connectivity index (χ1n) is 5.66. The summed E-state index contributed by atoms with van der Waals surface area (Å²) in [6, 6.07) is 10.6. The molecule has 90 valence electrons. The molecule has 1 heterocycles. The average molecular weight is 240 g/mol. The average Bonchev–Trinajstić information content (AvgIpc) is 2.46. The Bertz CT molecular complexity index is 487. The maximum Gasteiger partial charge on any atom is 0.200 e. The standard InChI is InChI=1S/C14H12N2O2/c17-12(11-5-2-1-3-6-11)7-8-13(18)14-15-9-4-10-16-14/h1-6,9-10H,7-8H2. The quantitative estimate of drug-likeness (QED) is 0.752. The summed E-state index contributed by atoms with van der Waals surface area (Å²) in [5.74, 6) is -0.0851. The van der Waals surface area contributed by atoms with Gasteiger partial charge in [0, 0.05) is 30.8 Å². The molecule has 0 saturated carbocycles. The highest BCUT2D eigenvalue weighted by atomic mass is 16.1. The summed E-state index contributed by atoms with van der Waals surface area (Å²) in [5, 5.41) is 0. The molecule has 4 nitrogen and oxygen atoms in total. The number of Topliss-reactive ketones (excluding diaryl/α,β-unsaturated/α-hetero) is 2. The van der Waals surface area contributed by atoms with Crippen LogP contribution in [0.3, 0.4) is 0 Å². The third kappa shape index (κ3) is 3.07. The van der Waals surface area contributed by atoms with Crippen molar-refractivity contribution in [3.05, 3.63) is 60.2 Å². The summed E-state index contributed by atoms with van der Waals surface area (Å²) in [5.41, 5.74) is 0.624. The molecule has 0 bridgehead atoms. The van der Waals surface area contributed by atoms with Crippen LogP contribution in [-0.4, -0.2) is 21.5 Å². The van der Waals surface area contributed by atoms with Crippen molar-refractivity contribution in [2.45, 2.75) is 12.8 Å². The Hall–Kier alpha value is -2.36. The normalized spacial score (nSPS) is 10.0. The number of hydrogen-bond donors (Lipinski definition) is 0. The fourth-order valence-corrected chi connectivity index (χ4v) is 1.55. The highest BCUT2D eigenvalue weighted by molar-refractivity contribution is 6.00. The summed E-state index contributed by atoms with van der Waals surface area (Å²) in [6.07, 6.45) is 3.34. The van der Waals surface area contributed by atoms with Gasteiger partial charge in [0.05, 0.1) is 0 Å². The van der Waals surface area contributed by atoms with Gasteiger partial charge in [-0.3, -0.25) is 9.59 Å². The lowest BCUT2D eigenvalue weighted by atomic mass is 10.1. The van der Waals surface area contributed by atoms with E-state index in [4.69, 9.17) is 0 Å². The smallest absolute Gasteiger partial charge is 0.200 e. The minimum absolute atomic E-state index is 0.0418. The fourth-order valence-electron chi connectivity index (χ4n) is 1.55. The molecule has 0 N–H and O–H groups in total. The third-order valence-electron chi connectivity index (χ3n) is 2.49. The van der Waals surface area contributed by atoms with Gasteiger partial charge in [-0.25, -0.2) is 9.97 Å². The van der Waals surface area contributed by atoms with Gasteiger partial charge in [0.1, 0.15) is 0 Å². The maximum absolute atomic E-state index is 11.8. The van der Waals surface area contributed by atoms with E-state index in [0.717, 1.165) is 0 Å². The van der Waals surface area contributed by atoms with Crippen molar-refractivity contribution < 1.29 is 9.59 Å². The number of carbonyl (C=O) groups excluding carboxylic acids is 2. The second kappa shape index (κ2) is 5.82. The highest BCUT2D eigenvalue weighted by Crippen LogP contribution is 2.07. The molecular weight excluding hydrogens is 228 g/mol. The lowest BCUT2D eigenvalue weighted by Crippen LogP contribution is -2.08. The summed E-state index contributed by atoms with van der Waals surface area (Å²) in [7, 11) is 0. The SMILES string of the molecule is O=C(CCC(=O)c1ncccn1)c1ccccc1. The van der Waals surface area contributed by atoms with Gasteiger partial charge in [-0.1, -0.05) is 30.3 Å². The first-order chi connectivity index (χ1) is 8.77. The van der Waals surface area contributed by atoms with Gasteiger partial charge in [0.25, 0.3) is 0 Å². The van der Waals surface area contributed by atoms with Crippen molar-refractivity contribution in [2.75, 3.05) is 0 Å². The molecule has 0 unspecified atom stereocenters. The van der Waals surface area contributed by atoms with Gasteiger partial charge in [-0.05, 0) is 6.07 Å². The van der Waals surface area contributed by atoms with E-state index in [9.17, 15) is 9.59 Å². The van der Waals surface area contributed by atoms with Crippen LogP contribution in [0.1, 0.15) is 33.8 Å². The van der Waals surface area contributed by atoms with E-state index in [1.54, 1.807) is 30.3 Å². The van der Waals surface area contributed by atoms with Gasteiger partial charge in [0.2, 0.25) is 0 Å². The Morgan fingerprint density at radius 1 is 0.833 bits per heavy atom. The number of rotatable bonds is 5. The minimum Gasteiger partial charge on any atom is -0.294 e. The molecule has 0 aliphatic carbocycles. The number of hydrogen-bond acceptors (Lipinski definition) is 4. The zero-order valence-electron chi connectivity index (χ0n) is 9.74. The van der Waals surface area contributed by atoms with Crippen molar-refractivity contribution in [1.29, 1.82) is 0 Å². The highest BCUT2D eigenvalue weighted by Gasteiger charge is 2.12. The first kappa shape index (κ1) is 12.1. The number of aromatic nitrogens is 2. The van der Waals surface area contributed by atoms with E-state index in [0.29, 0.717) is 5.56 Å². The Labute approximate surface area is 105 Å². The molecule has 2 aromatic rings. The number of carbonyl (C=O) groups is 2. The zero-order chi connectivity index (χ0) is 12.8. The van der Waals surface area contributed by atoms with Crippen molar-refractivity contribution >= 4 is 11.6 Å². The summed E-state index contributed by atoms with van der Waals surface area (Å²) >= 11 is 0. The lowest BCUT2D eigenvalue weighted by Gasteiger charge is -2.00. The Kier molecular flexibility index (Phi) is 3.91. The van der Waals surface area contributed by atoms with Crippen molar-refractivity contribution in [3.8, 4) is 0 Å². The molecule has 0 aliphatic heterocycles. The second-order valence-corrected chi connectivity index (χ2v) is 3.78. The molecule has 0 spiro atoms. The molecule has 0 aliphatic rings. The number of nitrogens with zero attached hydrogens (tertiary/aromatic N) is 2. The van der Waals surface area contributed by atoms with Crippen LogP contribution in [0.5, 0.6) is 0 Å². The Morgan fingerprint density at radius 3 is 2.11 bits per heavy atom. The van der Waals surface area contributed by atoms with Crippen LogP contribution in [0.15, 0.2) is 48.8 Å². The van der Waals surface area contributed by atoms with Gasteiger partial charge in [-0.15, -0.1) is 0 Å². The molecule has 0 atom stereocenters. The van der Waals surface area contributed by atoms with Gasteiger partial charge < -0.3 is 0 Å². The number of ketones is 2. The first-order valence-corrected chi connectivity index (χ1v) is 5.66. The van der Waals surface area contributed by atoms with Crippen LogP contribution < -0.4 is 0 Å². The van der Waals surface area contributed by atoms with Crippen LogP contribution in [-0.2, 0) is 0 Å². The zero-order valence-corrected chi connectivity index (χ0v) is 9.74. The second-order valence-electron chi connectivity index (χ2n) is 3.78. The molecular formula is C14H12N2O2. The van der Waals surface area contributed by atoms with Crippen molar-refractivity contribution in [2.24, 2.45) is 0 Å². The van der Waals surface area contributed by atoms with Gasteiger partial charge in [-0.2, -0.15) is 0 Å². The predicted octanol–water partition coefficient (Wildman–Crippen LogP) is 2.32. The van der Waals surface area contributed by atoms with E-state index in [1.807, 2.05) is 6.07 Å². The predicted molar refractivity (Wildman–Crippen MR) is 66.4 cm³/mol. The summed E-state index contributed by atoms with van der Waals surface area (Å²) < 4.78 is 0. The summed E-state index contributed by atoms with van der Waals surface area (Å²) in [6.45, 7) is 0. The number of benzene rings is 1. The van der Waals surface area contributed by atoms with Crippen LogP contribution in [0.4, 0.5) is 0 Å². The molecule has 4 heteroatoms. The topological polar surface area (TPSA) is 59.9 Å². The van der Waals surface area contributed by atoms with Crippen molar-refractivity contribution in [3.63, 3.8) is 0 Å². The molecule has 1 aromatic heterocycles. The van der Waals surface area contributed by atoms with E-state index in [-0.39, 0.29) is 30.2 Å². The van der Waals surface area contributed by atoms with Crippen LogP contribution >= 0.6 is 0 Å². The van der Waals surface area contributed by atoms with E-state index < -0.39 is 0 Å². The molecule has 1 aromatic carbocycles. The fraction of sp³-hybridized carbons (Fsp3) is 0.143. The van der Waals surface area contributed by atoms with Crippen LogP contribution in [0.25, 0.3) is 0 Å². The van der Waals surface area contributed by atoms with Gasteiger partial charge >= 0.3 is 0 Å². The van der Waals surface area contributed by atoms with E-state index in [1.165, 1.54) is 12.4 Å². The Morgan fingerprint density at radius 2 is 1.44 bits per heavy atom. The monoisotopic (exact) mass is 240 g/mol. The van der Waals surface area contributed by atoms with Crippen LogP contribution in [0.2, 0.25) is 0 Å². The summed E-state index contributed by atoms with van der Waals surface area (Å²) in [4.78, 5) is 31.2. The minimum atomic E-state index is -0.208. The maximum atomic E-state index is 11.8.